The summed E-state index contributed by atoms with van der Waals surface area (Å²) in [6.07, 6.45) is -0.300. The molecule has 0 saturated heterocycles. The van der Waals surface area contributed by atoms with Gasteiger partial charge in [0.25, 0.3) is 0 Å². The Morgan fingerprint density at radius 1 is 1.53 bits per heavy atom. The van der Waals surface area contributed by atoms with Gasteiger partial charge in [0.1, 0.15) is 0 Å². The highest BCUT2D eigenvalue weighted by Crippen LogP contribution is 2.25. The molecule has 0 aliphatic carbocycles. The van der Waals surface area contributed by atoms with E-state index in [9.17, 15) is 0 Å². The van der Waals surface area contributed by atoms with Crippen molar-refractivity contribution in [1.29, 1.82) is 0 Å². The van der Waals surface area contributed by atoms with Crippen molar-refractivity contribution in [2.24, 2.45) is 0 Å². The van der Waals surface area contributed by atoms with E-state index in [-0.39, 0.29) is 11.5 Å². The van der Waals surface area contributed by atoms with E-state index in [4.69, 9.17) is 5.11 Å². The molecule has 0 radical (unpaired) electrons. The highest BCUT2D eigenvalue weighted by atomic mass is 32.1. The maximum absolute atomic E-state index is 9.08. The third kappa shape index (κ3) is 4.28. The summed E-state index contributed by atoms with van der Waals surface area (Å²) in [5.41, 5.74) is 1.19. The van der Waals surface area contributed by atoms with Crippen molar-refractivity contribution >= 4 is 11.3 Å². The van der Waals surface area contributed by atoms with Gasteiger partial charge in [-0.1, -0.05) is 20.8 Å². The lowest BCUT2D eigenvalue weighted by molar-refractivity contribution is 0.191. The highest BCUT2D eigenvalue weighted by molar-refractivity contribution is 7.09. The molecule has 0 fully saturated rings. The lowest BCUT2D eigenvalue weighted by Crippen LogP contribution is -2.24. The van der Waals surface area contributed by atoms with Gasteiger partial charge in [0.2, 0.25) is 0 Å². The molecule has 4 heteroatoms. The summed E-state index contributed by atoms with van der Waals surface area (Å²) in [7, 11) is 0. The number of hydrogen-bond donors (Lipinski definition) is 2. The average Bonchev–Trinajstić information content (AvgIpc) is 2.51. The highest BCUT2D eigenvalue weighted by Gasteiger charge is 2.17. The second-order valence-corrected chi connectivity index (χ2v) is 5.73. The topological polar surface area (TPSA) is 45.1 Å². The molecule has 3 nitrogen and oxygen atoms in total. The van der Waals surface area contributed by atoms with Crippen molar-refractivity contribution in [3.63, 3.8) is 0 Å². The van der Waals surface area contributed by atoms with E-state index in [0.717, 1.165) is 17.2 Å². The molecule has 0 spiro atoms. The number of aromatic nitrogens is 1. The third-order valence-corrected chi connectivity index (χ3v) is 3.26. The van der Waals surface area contributed by atoms with Crippen LogP contribution in [0.5, 0.6) is 0 Å². The molecule has 1 aromatic rings. The van der Waals surface area contributed by atoms with E-state index >= 15 is 0 Å². The fraction of sp³-hybridized carbons (Fsp3) is 0.727. The molecular weight excluding hydrogens is 208 g/mol. The number of nitrogens with zero attached hydrogens (tertiary/aromatic N) is 1. The molecule has 86 valence electrons. The van der Waals surface area contributed by atoms with Crippen LogP contribution < -0.4 is 5.32 Å². The van der Waals surface area contributed by atoms with Crippen molar-refractivity contribution in [3.05, 3.63) is 16.1 Å². The zero-order valence-electron chi connectivity index (χ0n) is 9.87. The quantitative estimate of drug-likeness (QED) is 0.827. The summed E-state index contributed by atoms with van der Waals surface area (Å²) in [6, 6.07) is 0. The first-order chi connectivity index (χ1) is 6.89. The Kier molecular flexibility index (Phi) is 4.25. The van der Waals surface area contributed by atoms with Gasteiger partial charge in [0, 0.05) is 23.9 Å². The predicted octanol–water partition coefficient (Wildman–Crippen LogP) is 1.91. The summed E-state index contributed by atoms with van der Waals surface area (Å²) in [5.74, 6) is 0. The first-order valence-corrected chi connectivity index (χ1v) is 6.11. The molecule has 2 N–H and O–H groups in total. The fourth-order valence-corrected chi connectivity index (χ4v) is 2.05. The van der Waals surface area contributed by atoms with Gasteiger partial charge in [-0.3, -0.25) is 0 Å². The molecule has 0 saturated carbocycles. The molecule has 1 atom stereocenters. The molecule has 0 aromatic carbocycles. The Morgan fingerprint density at radius 3 is 2.67 bits per heavy atom. The van der Waals surface area contributed by atoms with Crippen molar-refractivity contribution in [2.75, 3.05) is 6.54 Å². The van der Waals surface area contributed by atoms with Crippen LogP contribution in [-0.4, -0.2) is 22.7 Å². The van der Waals surface area contributed by atoms with Gasteiger partial charge in [-0.25, -0.2) is 4.98 Å². The van der Waals surface area contributed by atoms with Gasteiger partial charge < -0.3 is 10.4 Å². The van der Waals surface area contributed by atoms with Gasteiger partial charge >= 0.3 is 0 Å². The summed E-state index contributed by atoms with van der Waals surface area (Å²) in [6.45, 7) is 9.62. The van der Waals surface area contributed by atoms with Crippen molar-refractivity contribution in [2.45, 2.75) is 45.8 Å². The minimum absolute atomic E-state index is 0.132. The Labute approximate surface area is 95.6 Å². The molecule has 1 aromatic heterocycles. The van der Waals surface area contributed by atoms with Crippen LogP contribution in [0, 0.1) is 0 Å². The number of aliphatic hydroxyl groups excluding tert-OH is 1. The van der Waals surface area contributed by atoms with Gasteiger partial charge in [-0.05, 0) is 6.92 Å². The van der Waals surface area contributed by atoms with Crippen molar-refractivity contribution in [1.82, 2.24) is 10.3 Å². The smallest absolute Gasteiger partial charge is 0.0982 e. The molecule has 1 unspecified atom stereocenters. The minimum Gasteiger partial charge on any atom is -0.392 e. The van der Waals surface area contributed by atoms with Crippen LogP contribution in [0.2, 0.25) is 0 Å². The first-order valence-electron chi connectivity index (χ1n) is 5.23. The molecular formula is C11H20N2OS. The Balaban J connectivity index is 2.47. The second kappa shape index (κ2) is 5.05. The number of thiazole rings is 1. The SMILES string of the molecule is CC(O)CNCc1csc(C(C)(C)C)n1. The molecule has 0 aliphatic rings. The van der Waals surface area contributed by atoms with Crippen LogP contribution >= 0.6 is 11.3 Å². The zero-order valence-corrected chi connectivity index (χ0v) is 10.7. The van der Waals surface area contributed by atoms with Crippen LogP contribution in [0.3, 0.4) is 0 Å². The van der Waals surface area contributed by atoms with Gasteiger partial charge in [0.05, 0.1) is 16.8 Å². The maximum atomic E-state index is 9.08. The van der Waals surface area contributed by atoms with E-state index in [1.54, 1.807) is 18.3 Å². The Hall–Kier alpha value is -0.450. The van der Waals surface area contributed by atoms with E-state index in [1.807, 2.05) is 0 Å². The standard InChI is InChI=1S/C11H20N2OS/c1-8(14)5-12-6-9-7-15-10(13-9)11(2,3)4/h7-8,12,14H,5-6H2,1-4H3. The maximum Gasteiger partial charge on any atom is 0.0982 e. The number of rotatable bonds is 4. The molecule has 0 bridgehead atoms. The zero-order chi connectivity index (χ0) is 11.5. The van der Waals surface area contributed by atoms with Gasteiger partial charge in [-0.2, -0.15) is 0 Å². The summed E-state index contributed by atoms with van der Waals surface area (Å²) in [4.78, 5) is 4.55. The van der Waals surface area contributed by atoms with Crippen LogP contribution in [0.4, 0.5) is 0 Å². The molecule has 0 amide bonds. The fourth-order valence-electron chi connectivity index (χ4n) is 1.14. The van der Waals surface area contributed by atoms with Crippen molar-refractivity contribution in [3.8, 4) is 0 Å². The predicted molar refractivity (Wildman–Crippen MR) is 64.2 cm³/mol. The number of aliphatic hydroxyl groups is 1. The lowest BCUT2D eigenvalue weighted by atomic mass is 9.98. The molecule has 1 rings (SSSR count). The largest absolute Gasteiger partial charge is 0.392 e. The molecule has 1 heterocycles. The third-order valence-electron chi connectivity index (χ3n) is 1.94. The minimum atomic E-state index is -0.300. The molecule has 0 aliphatic heterocycles. The van der Waals surface area contributed by atoms with Gasteiger partial charge in [-0.15, -0.1) is 11.3 Å². The van der Waals surface area contributed by atoms with Crippen LogP contribution in [-0.2, 0) is 12.0 Å². The first kappa shape index (κ1) is 12.6. The van der Waals surface area contributed by atoms with Crippen molar-refractivity contribution < 1.29 is 5.11 Å². The number of hydrogen-bond acceptors (Lipinski definition) is 4. The Bertz CT molecular complexity index is 302. The van der Waals surface area contributed by atoms with Crippen LogP contribution in [0.1, 0.15) is 38.4 Å². The van der Waals surface area contributed by atoms with E-state index in [1.165, 1.54) is 0 Å². The lowest BCUT2D eigenvalue weighted by Gasteiger charge is -2.13. The summed E-state index contributed by atoms with van der Waals surface area (Å²) >= 11 is 1.70. The monoisotopic (exact) mass is 228 g/mol. The van der Waals surface area contributed by atoms with Crippen LogP contribution in [0.15, 0.2) is 5.38 Å². The van der Waals surface area contributed by atoms with Crippen LogP contribution in [0.25, 0.3) is 0 Å². The van der Waals surface area contributed by atoms with E-state index < -0.39 is 0 Å². The number of nitrogens with one attached hydrogen (secondary N) is 1. The second-order valence-electron chi connectivity index (χ2n) is 4.87. The average molecular weight is 228 g/mol. The summed E-state index contributed by atoms with van der Waals surface area (Å²) in [5, 5.41) is 15.5. The normalized spacial score (nSPS) is 14.2. The van der Waals surface area contributed by atoms with Gasteiger partial charge in [0.15, 0.2) is 0 Å². The molecule has 15 heavy (non-hydrogen) atoms. The summed E-state index contributed by atoms with van der Waals surface area (Å²) < 4.78 is 0. The van der Waals surface area contributed by atoms with E-state index in [0.29, 0.717) is 6.54 Å². The Morgan fingerprint density at radius 2 is 2.20 bits per heavy atom. The van der Waals surface area contributed by atoms with E-state index in [2.05, 4.69) is 36.5 Å².